The van der Waals surface area contributed by atoms with Crippen molar-refractivity contribution in [2.75, 3.05) is 0 Å². The molecule has 0 aromatic rings. The molecule has 0 aliphatic rings. The molecule has 0 saturated heterocycles. The van der Waals surface area contributed by atoms with Gasteiger partial charge in [-0.2, -0.15) is 26.3 Å². The van der Waals surface area contributed by atoms with Crippen molar-refractivity contribution >= 4 is 5.97 Å². The first-order valence-electron chi connectivity index (χ1n) is 6.08. The lowest BCUT2D eigenvalue weighted by molar-refractivity contribution is -0.374. The van der Waals surface area contributed by atoms with Gasteiger partial charge in [-0.25, -0.2) is 0 Å². The lowest BCUT2D eigenvalue weighted by atomic mass is 9.90. The number of halogens is 6. The molecule has 20 heavy (non-hydrogen) atoms. The summed E-state index contributed by atoms with van der Waals surface area (Å²) in [7, 11) is 0. The molecule has 0 unspecified atom stereocenters. The minimum absolute atomic E-state index is 0.402. The summed E-state index contributed by atoms with van der Waals surface area (Å²) >= 11 is 0. The van der Waals surface area contributed by atoms with E-state index >= 15 is 0 Å². The van der Waals surface area contributed by atoms with Crippen LogP contribution in [0.5, 0.6) is 0 Å². The third-order valence-corrected chi connectivity index (χ3v) is 2.47. The Hall–Kier alpha value is -0.950. The number of rotatable bonds is 5. The Bertz CT molecular complexity index is 316. The van der Waals surface area contributed by atoms with Crippen LogP contribution in [-0.2, 0) is 9.53 Å². The molecule has 0 radical (unpaired) electrons. The van der Waals surface area contributed by atoms with Crippen LogP contribution in [0.15, 0.2) is 0 Å². The highest BCUT2D eigenvalue weighted by atomic mass is 19.4. The molecule has 0 atom stereocenters. The van der Waals surface area contributed by atoms with Gasteiger partial charge in [0.1, 0.15) is 0 Å². The molecule has 0 saturated carbocycles. The van der Waals surface area contributed by atoms with E-state index in [4.69, 9.17) is 0 Å². The molecular weight excluding hydrogens is 290 g/mol. The van der Waals surface area contributed by atoms with Gasteiger partial charge in [0.25, 0.3) is 0 Å². The minimum atomic E-state index is -5.72. The van der Waals surface area contributed by atoms with Crippen molar-refractivity contribution in [2.24, 2.45) is 11.8 Å². The fourth-order valence-electron chi connectivity index (χ4n) is 1.69. The van der Waals surface area contributed by atoms with Crippen molar-refractivity contribution in [3.05, 3.63) is 0 Å². The number of carbonyl (C=O) groups excluding carboxylic acids is 1. The fraction of sp³-hybridized carbons (Fsp3) is 0.917. The number of ether oxygens (including phenoxy) is 1. The van der Waals surface area contributed by atoms with Crippen LogP contribution in [0.2, 0.25) is 0 Å². The summed E-state index contributed by atoms with van der Waals surface area (Å²) in [4.78, 5) is 11.3. The first kappa shape index (κ1) is 19.1. The van der Waals surface area contributed by atoms with Gasteiger partial charge >= 0.3 is 23.9 Å². The van der Waals surface area contributed by atoms with E-state index in [1.807, 2.05) is 0 Å². The summed E-state index contributed by atoms with van der Waals surface area (Å²) in [5, 5.41) is 0. The number of alkyl halides is 6. The van der Waals surface area contributed by atoms with Gasteiger partial charge in [0.15, 0.2) is 0 Å². The molecule has 120 valence electrons. The fourth-order valence-corrected chi connectivity index (χ4v) is 1.69. The monoisotopic (exact) mass is 308 g/mol. The van der Waals surface area contributed by atoms with Gasteiger partial charge < -0.3 is 4.74 Å². The second-order valence-corrected chi connectivity index (χ2v) is 5.49. The molecule has 0 aliphatic carbocycles. The smallest absolute Gasteiger partial charge is 0.437 e. The predicted molar refractivity (Wildman–Crippen MR) is 59.8 cm³/mol. The topological polar surface area (TPSA) is 26.3 Å². The highest BCUT2D eigenvalue weighted by Crippen LogP contribution is 2.49. The molecule has 0 aromatic carbocycles. The molecule has 0 aromatic heterocycles. The van der Waals surface area contributed by atoms with Gasteiger partial charge in [0, 0.05) is 12.8 Å². The molecule has 2 nitrogen and oxygen atoms in total. The molecule has 8 heteroatoms. The zero-order valence-electron chi connectivity index (χ0n) is 11.7. The Morgan fingerprint density at radius 2 is 1.30 bits per heavy atom. The van der Waals surface area contributed by atoms with E-state index in [1.165, 1.54) is 27.7 Å². The van der Waals surface area contributed by atoms with Gasteiger partial charge in [-0.3, -0.25) is 4.79 Å². The number of carbonyl (C=O) groups is 1. The normalized spacial score (nSPS) is 14.0. The van der Waals surface area contributed by atoms with E-state index in [0.29, 0.717) is 0 Å². The third-order valence-electron chi connectivity index (χ3n) is 2.47. The van der Waals surface area contributed by atoms with Crippen LogP contribution < -0.4 is 0 Å². The molecule has 0 rings (SSSR count). The van der Waals surface area contributed by atoms with Gasteiger partial charge in [0.2, 0.25) is 0 Å². The summed E-state index contributed by atoms with van der Waals surface area (Å²) in [6.45, 7) is 5.38. The SMILES string of the molecule is CC(C)CC(=O)OC(CC(C)C)(C(F)(F)F)C(F)(F)F. The predicted octanol–water partition coefficient (Wildman–Crippen LogP) is 4.49. The van der Waals surface area contributed by atoms with Crippen molar-refractivity contribution in [1.82, 2.24) is 0 Å². The van der Waals surface area contributed by atoms with Crippen LogP contribution in [0.1, 0.15) is 40.5 Å². The van der Waals surface area contributed by atoms with E-state index in [2.05, 4.69) is 4.74 Å². The Labute approximate surface area is 113 Å². The summed E-state index contributed by atoms with van der Waals surface area (Å²) in [5.74, 6) is -2.86. The Morgan fingerprint density at radius 1 is 0.900 bits per heavy atom. The second-order valence-electron chi connectivity index (χ2n) is 5.49. The van der Waals surface area contributed by atoms with E-state index < -0.39 is 48.6 Å². The van der Waals surface area contributed by atoms with Crippen LogP contribution in [0.25, 0.3) is 0 Å². The molecular formula is C12H18F6O2. The molecule has 0 bridgehead atoms. The van der Waals surface area contributed by atoms with Gasteiger partial charge in [-0.15, -0.1) is 0 Å². The van der Waals surface area contributed by atoms with Gasteiger partial charge in [0.05, 0.1) is 0 Å². The molecule has 0 spiro atoms. The van der Waals surface area contributed by atoms with Crippen LogP contribution in [0.4, 0.5) is 26.3 Å². The molecule has 0 fully saturated rings. The van der Waals surface area contributed by atoms with Crippen molar-refractivity contribution in [2.45, 2.75) is 58.5 Å². The summed E-state index contributed by atoms with van der Waals surface area (Å²) in [6, 6.07) is 0. The number of hydrogen-bond acceptors (Lipinski definition) is 2. The van der Waals surface area contributed by atoms with Crippen LogP contribution >= 0.6 is 0 Å². The Balaban J connectivity index is 5.59. The van der Waals surface area contributed by atoms with E-state index in [-0.39, 0.29) is 0 Å². The molecule has 0 N–H and O–H groups in total. The Kier molecular flexibility index (Phi) is 5.92. The first-order valence-corrected chi connectivity index (χ1v) is 6.08. The highest BCUT2D eigenvalue weighted by Gasteiger charge is 2.73. The summed E-state index contributed by atoms with van der Waals surface area (Å²) in [6.07, 6.45) is -13.3. The molecule has 0 amide bonds. The quantitative estimate of drug-likeness (QED) is 0.553. The number of esters is 1. The van der Waals surface area contributed by atoms with Crippen LogP contribution in [-0.4, -0.2) is 23.9 Å². The Morgan fingerprint density at radius 3 is 1.55 bits per heavy atom. The van der Waals surface area contributed by atoms with E-state index in [9.17, 15) is 31.1 Å². The molecule has 0 heterocycles. The maximum Gasteiger partial charge on any atom is 0.437 e. The average Bonchev–Trinajstić information content (AvgIpc) is 2.10. The van der Waals surface area contributed by atoms with Crippen molar-refractivity contribution in [3.63, 3.8) is 0 Å². The van der Waals surface area contributed by atoms with E-state index in [0.717, 1.165) is 0 Å². The van der Waals surface area contributed by atoms with Gasteiger partial charge in [-0.1, -0.05) is 27.7 Å². The zero-order chi connectivity index (χ0) is 16.4. The lowest BCUT2D eigenvalue weighted by Gasteiger charge is -2.37. The van der Waals surface area contributed by atoms with Crippen LogP contribution in [0, 0.1) is 11.8 Å². The standard InChI is InChI=1S/C12H18F6O2/c1-7(2)5-9(19)20-10(6-8(3)4,11(13,14)15)12(16,17)18/h7-8H,5-6H2,1-4H3. The zero-order valence-corrected chi connectivity index (χ0v) is 11.7. The number of hydrogen-bond donors (Lipinski definition) is 0. The summed E-state index contributed by atoms with van der Waals surface area (Å²) in [5.41, 5.74) is -4.44. The minimum Gasteiger partial charge on any atom is -0.439 e. The highest BCUT2D eigenvalue weighted by molar-refractivity contribution is 5.70. The second kappa shape index (κ2) is 6.22. The largest absolute Gasteiger partial charge is 0.439 e. The average molecular weight is 308 g/mol. The molecule has 0 aliphatic heterocycles. The van der Waals surface area contributed by atoms with Crippen molar-refractivity contribution < 1.29 is 35.9 Å². The van der Waals surface area contributed by atoms with E-state index in [1.54, 1.807) is 0 Å². The van der Waals surface area contributed by atoms with Crippen LogP contribution in [0.3, 0.4) is 0 Å². The first-order chi connectivity index (χ1) is 8.73. The van der Waals surface area contributed by atoms with Gasteiger partial charge in [-0.05, 0) is 11.8 Å². The maximum atomic E-state index is 12.9. The maximum absolute atomic E-state index is 12.9. The van der Waals surface area contributed by atoms with Crippen molar-refractivity contribution in [1.29, 1.82) is 0 Å². The summed E-state index contributed by atoms with van der Waals surface area (Å²) < 4.78 is 81.5. The lowest BCUT2D eigenvalue weighted by Crippen LogP contribution is -2.60. The van der Waals surface area contributed by atoms with Crippen molar-refractivity contribution in [3.8, 4) is 0 Å². The third kappa shape index (κ3) is 4.56.